The van der Waals surface area contributed by atoms with Crippen LogP contribution in [0.2, 0.25) is 0 Å². The molecular formula is C27H30N4O4. The van der Waals surface area contributed by atoms with Crippen molar-refractivity contribution in [2.45, 2.75) is 26.0 Å². The van der Waals surface area contributed by atoms with Gasteiger partial charge >= 0.3 is 0 Å². The number of carbonyl (C=O) groups is 2. The second-order valence-corrected chi connectivity index (χ2v) is 8.99. The maximum absolute atomic E-state index is 13.6. The fourth-order valence-corrected chi connectivity index (χ4v) is 4.17. The first-order chi connectivity index (χ1) is 16.9. The van der Waals surface area contributed by atoms with E-state index < -0.39 is 6.10 Å². The van der Waals surface area contributed by atoms with Crippen molar-refractivity contribution in [2.24, 2.45) is 5.92 Å². The van der Waals surface area contributed by atoms with E-state index >= 15 is 0 Å². The molecule has 0 bridgehead atoms. The maximum atomic E-state index is 13.6. The van der Waals surface area contributed by atoms with Crippen LogP contribution in [0.25, 0.3) is 11.1 Å². The highest BCUT2D eigenvalue weighted by Crippen LogP contribution is 2.30. The summed E-state index contributed by atoms with van der Waals surface area (Å²) in [4.78, 5) is 38.3. The third kappa shape index (κ3) is 5.33. The number of hydrogen-bond acceptors (Lipinski definition) is 6. The summed E-state index contributed by atoms with van der Waals surface area (Å²) in [5.74, 6) is -0.304. The standard InChI is InChI=1S/C27H30N4O4/c1-18-15-31(19(2)17-32)27(34)23-12-22(20-8-5-4-6-9-20)14-29-25(23)35-24(18)16-30(3)26(33)21-10-7-11-28-13-21/h4-14,18-19,24,32H,15-17H2,1-3H3/t18-,19-,24-/m1/s1. The van der Waals surface area contributed by atoms with Gasteiger partial charge in [0.2, 0.25) is 5.88 Å². The summed E-state index contributed by atoms with van der Waals surface area (Å²) in [5, 5.41) is 9.84. The number of ether oxygens (including phenoxy) is 1. The van der Waals surface area contributed by atoms with Crippen LogP contribution < -0.4 is 4.74 Å². The minimum Gasteiger partial charge on any atom is -0.472 e. The molecule has 0 unspecified atom stereocenters. The molecule has 2 aromatic heterocycles. The fourth-order valence-electron chi connectivity index (χ4n) is 4.17. The number of aliphatic hydroxyl groups is 1. The van der Waals surface area contributed by atoms with E-state index in [0.717, 1.165) is 11.1 Å². The van der Waals surface area contributed by atoms with Gasteiger partial charge < -0.3 is 19.6 Å². The summed E-state index contributed by atoms with van der Waals surface area (Å²) in [7, 11) is 1.72. The average molecular weight is 475 g/mol. The van der Waals surface area contributed by atoms with Crippen molar-refractivity contribution in [3.8, 4) is 17.0 Å². The Morgan fingerprint density at radius 2 is 1.97 bits per heavy atom. The molecule has 1 aliphatic rings. The zero-order chi connectivity index (χ0) is 24.9. The van der Waals surface area contributed by atoms with Crippen LogP contribution in [-0.2, 0) is 0 Å². The molecule has 0 saturated heterocycles. The third-order valence-corrected chi connectivity index (χ3v) is 6.34. The van der Waals surface area contributed by atoms with Crippen molar-refractivity contribution >= 4 is 11.8 Å². The molecule has 1 N–H and O–H groups in total. The number of pyridine rings is 2. The van der Waals surface area contributed by atoms with Crippen molar-refractivity contribution in [3.63, 3.8) is 0 Å². The zero-order valence-electron chi connectivity index (χ0n) is 20.2. The Labute approximate surface area is 205 Å². The predicted molar refractivity (Wildman–Crippen MR) is 132 cm³/mol. The average Bonchev–Trinajstić information content (AvgIpc) is 2.90. The van der Waals surface area contributed by atoms with Gasteiger partial charge in [0.15, 0.2) is 0 Å². The van der Waals surface area contributed by atoms with Gasteiger partial charge in [-0.1, -0.05) is 37.3 Å². The van der Waals surface area contributed by atoms with Gasteiger partial charge in [0, 0.05) is 43.7 Å². The Balaban J connectivity index is 1.68. The van der Waals surface area contributed by atoms with Gasteiger partial charge in [0.05, 0.1) is 24.8 Å². The molecule has 4 rings (SSSR count). The lowest BCUT2D eigenvalue weighted by Crippen LogP contribution is -2.50. The first-order valence-electron chi connectivity index (χ1n) is 11.7. The molecule has 182 valence electrons. The molecule has 3 atom stereocenters. The number of amides is 2. The monoisotopic (exact) mass is 474 g/mol. The zero-order valence-corrected chi connectivity index (χ0v) is 20.2. The van der Waals surface area contributed by atoms with Crippen molar-refractivity contribution in [1.29, 1.82) is 0 Å². The second-order valence-electron chi connectivity index (χ2n) is 8.99. The molecule has 35 heavy (non-hydrogen) atoms. The molecule has 1 aliphatic heterocycles. The number of nitrogens with zero attached hydrogens (tertiary/aromatic N) is 4. The molecule has 8 heteroatoms. The molecule has 0 fully saturated rings. The molecule has 0 spiro atoms. The quantitative estimate of drug-likeness (QED) is 0.590. The highest BCUT2D eigenvalue weighted by Gasteiger charge is 2.35. The van der Waals surface area contributed by atoms with E-state index in [1.54, 1.807) is 47.4 Å². The van der Waals surface area contributed by atoms with E-state index in [0.29, 0.717) is 24.2 Å². The summed E-state index contributed by atoms with van der Waals surface area (Å²) >= 11 is 0. The van der Waals surface area contributed by atoms with E-state index in [9.17, 15) is 14.7 Å². The molecular weight excluding hydrogens is 444 g/mol. The van der Waals surface area contributed by atoms with Crippen LogP contribution >= 0.6 is 0 Å². The predicted octanol–water partition coefficient (Wildman–Crippen LogP) is 3.14. The molecule has 8 nitrogen and oxygen atoms in total. The van der Waals surface area contributed by atoms with Gasteiger partial charge in [-0.25, -0.2) is 4.98 Å². The van der Waals surface area contributed by atoms with Gasteiger partial charge in [-0.05, 0) is 30.7 Å². The lowest BCUT2D eigenvalue weighted by Gasteiger charge is -2.37. The minimum absolute atomic E-state index is 0.124. The van der Waals surface area contributed by atoms with E-state index in [1.165, 1.54) is 6.20 Å². The highest BCUT2D eigenvalue weighted by atomic mass is 16.5. The number of likely N-dealkylation sites (N-methyl/N-ethyl adjacent to an activating group) is 1. The van der Waals surface area contributed by atoms with Gasteiger partial charge in [-0.15, -0.1) is 0 Å². The number of carbonyl (C=O) groups excluding carboxylic acids is 2. The number of aromatic nitrogens is 2. The third-order valence-electron chi connectivity index (χ3n) is 6.34. The van der Waals surface area contributed by atoms with Crippen LogP contribution in [0.15, 0.2) is 67.1 Å². The topological polar surface area (TPSA) is 95.9 Å². The largest absolute Gasteiger partial charge is 0.472 e. The van der Waals surface area contributed by atoms with Crippen LogP contribution in [0.5, 0.6) is 5.88 Å². The molecule has 3 aromatic rings. The van der Waals surface area contributed by atoms with Crippen LogP contribution in [0.4, 0.5) is 0 Å². The van der Waals surface area contributed by atoms with Crippen molar-refractivity contribution in [3.05, 3.63) is 78.2 Å². The van der Waals surface area contributed by atoms with E-state index in [1.807, 2.05) is 44.2 Å². The molecule has 1 aromatic carbocycles. The highest BCUT2D eigenvalue weighted by molar-refractivity contribution is 5.98. The first-order valence-corrected chi connectivity index (χ1v) is 11.7. The van der Waals surface area contributed by atoms with Gasteiger partial charge in [-0.2, -0.15) is 0 Å². The summed E-state index contributed by atoms with van der Waals surface area (Å²) in [6.45, 7) is 4.29. The van der Waals surface area contributed by atoms with E-state index in [2.05, 4.69) is 9.97 Å². The van der Waals surface area contributed by atoms with Crippen molar-refractivity contribution in [1.82, 2.24) is 19.8 Å². The molecule has 0 radical (unpaired) electrons. The van der Waals surface area contributed by atoms with Crippen LogP contribution in [0.1, 0.15) is 34.6 Å². The number of hydrogen-bond donors (Lipinski definition) is 1. The molecule has 0 aliphatic carbocycles. The summed E-state index contributed by atoms with van der Waals surface area (Å²) in [6, 6.07) is 14.5. The minimum atomic E-state index is -0.420. The van der Waals surface area contributed by atoms with Gasteiger partial charge in [0.1, 0.15) is 11.7 Å². The smallest absolute Gasteiger partial charge is 0.259 e. The Morgan fingerprint density at radius 1 is 1.20 bits per heavy atom. The fraction of sp³-hybridized carbons (Fsp3) is 0.333. The Bertz CT molecular complexity index is 1170. The van der Waals surface area contributed by atoms with Crippen LogP contribution in [-0.4, -0.2) is 75.6 Å². The number of aliphatic hydroxyl groups excluding tert-OH is 1. The molecule has 0 saturated carbocycles. The summed E-state index contributed by atoms with van der Waals surface area (Å²) in [6.07, 6.45) is 4.43. The van der Waals surface area contributed by atoms with E-state index in [-0.39, 0.29) is 36.3 Å². The van der Waals surface area contributed by atoms with Crippen LogP contribution in [0, 0.1) is 5.92 Å². The number of rotatable bonds is 6. The Hall–Kier alpha value is -3.78. The Morgan fingerprint density at radius 3 is 2.66 bits per heavy atom. The lowest BCUT2D eigenvalue weighted by atomic mass is 9.99. The number of benzene rings is 1. The molecule has 3 heterocycles. The van der Waals surface area contributed by atoms with Gasteiger partial charge in [-0.3, -0.25) is 14.6 Å². The summed E-state index contributed by atoms with van der Waals surface area (Å²) in [5.41, 5.74) is 2.56. The summed E-state index contributed by atoms with van der Waals surface area (Å²) < 4.78 is 6.30. The maximum Gasteiger partial charge on any atom is 0.259 e. The van der Waals surface area contributed by atoms with Gasteiger partial charge in [0.25, 0.3) is 11.8 Å². The molecule has 2 amide bonds. The van der Waals surface area contributed by atoms with Crippen LogP contribution in [0.3, 0.4) is 0 Å². The van der Waals surface area contributed by atoms with E-state index in [4.69, 9.17) is 4.74 Å². The normalized spacial score (nSPS) is 18.6. The first kappa shape index (κ1) is 24.3. The lowest BCUT2D eigenvalue weighted by molar-refractivity contribution is 0.0313. The van der Waals surface area contributed by atoms with Crippen molar-refractivity contribution < 1.29 is 19.4 Å². The SMILES string of the molecule is C[C@@H]1CN([C@H](C)CO)C(=O)c2cc(-c3ccccc3)cnc2O[C@@H]1CN(C)C(=O)c1cccnc1. The second kappa shape index (κ2) is 10.7. The Kier molecular flexibility index (Phi) is 7.41. The number of fused-ring (bicyclic) bond motifs is 1. The van der Waals surface area contributed by atoms with Crippen molar-refractivity contribution in [2.75, 3.05) is 26.7 Å².